The van der Waals surface area contributed by atoms with Crippen LogP contribution in [0.25, 0.3) is 10.9 Å². The standard InChI is InChI=1S/C9H7ClN4/c1-4-5(10)2-6-8(9(4)12)7(3-11)14-13-6/h2H,12H2,1H3,(H,13,14). The van der Waals surface area contributed by atoms with Crippen LogP contribution in [-0.4, -0.2) is 10.2 Å². The van der Waals surface area contributed by atoms with Crippen LogP contribution in [0.3, 0.4) is 0 Å². The van der Waals surface area contributed by atoms with E-state index in [1.54, 1.807) is 6.07 Å². The van der Waals surface area contributed by atoms with Crippen molar-refractivity contribution in [1.82, 2.24) is 10.2 Å². The summed E-state index contributed by atoms with van der Waals surface area (Å²) in [5, 5.41) is 16.6. The van der Waals surface area contributed by atoms with E-state index in [0.717, 1.165) is 5.56 Å². The number of aromatic amines is 1. The molecule has 2 aromatic rings. The zero-order valence-corrected chi connectivity index (χ0v) is 8.18. The second kappa shape index (κ2) is 2.89. The summed E-state index contributed by atoms with van der Waals surface area (Å²) >= 11 is 5.93. The van der Waals surface area contributed by atoms with Crippen molar-refractivity contribution in [2.75, 3.05) is 5.73 Å². The van der Waals surface area contributed by atoms with Crippen molar-refractivity contribution < 1.29 is 0 Å². The number of rotatable bonds is 0. The first-order valence-corrected chi connectivity index (χ1v) is 4.35. The Bertz CT molecular complexity index is 550. The van der Waals surface area contributed by atoms with Crippen molar-refractivity contribution in [2.45, 2.75) is 6.92 Å². The molecule has 5 heteroatoms. The molecular formula is C9H7ClN4. The highest BCUT2D eigenvalue weighted by Crippen LogP contribution is 2.31. The minimum Gasteiger partial charge on any atom is -0.398 e. The molecule has 1 heterocycles. The fourth-order valence-corrected chi connectivity index (χ4v) is 1.58. The number of nitrogens with two attached hydrogens (primary N) is 1. The first-order chi connectivity index (χ1) is 6.65. The summed E-state index contributed by atoms with van der Waals surface area (Å²) < 4.78 is 0. The summed E-state index contributed by atoms with van der Waals surface area (Å²) in [6.07, 6.45) is 0. The van der Waals surface area contributed by atoms with Gasteiger partial charge in [-0.05, 0) is 18.6 Å². The second-order valence-electron chi connectivity index (χ2n) is 3.00. The van der Waals surface area contributed by atoms with Crippen molar-refractivity contribution in [2.24, 2.45) is 0 Å². The van der Waals surface area contributed by atoms with Gasteiger partial charge in [0.15, 0.2) is 5.69 Å². The molecule has 70 valence electrons. The summed E-state index contributed by atoms with van der Waals surface area (Å²) in [4.78, 5) is 0. The SMILES string of the molecule is Cc1c(Cl)cc2[nH]nc(C#N)c2c1N. The third kappa shape index (κ3) is 1.03. The fourth-order valence-electron chi connectivity index (χ4n) is 1.36. The Balaban J connectivity index is 2.97. The molecule has 0 aliphatic carbocycles. The van der Waals surface area contributed by atoms with Crippen molar-refractivity contribution in [3.63, 3.8) is 0 Å². The minimum absolute atomic E-state index is 0.303. The van der Waals surface area contributed by atoms with Crippen molar-refractivity contribution in [3.8, 4) is 6.07 Å². The lowest BCUT2D eigenvalue weighted by molar-refractivity contribution is 1.10. The predicted octanol–water partition coefficient (Wildman–Crippen LogP) is 1.98. The van der Waals surface area contributed by atoms with E-state index in [1.165, 1.54) is 0 Å². The van der Waals surface area contributed by atoms with Crippen LogP contribution in [0.5, 0.6) is 0 Å². The lowest BCUT2D eigenvalue weighted by Gasteiger charge is -2.03. The van der Waals surface area contributed by atoms with E-state index < -0.39 is 0 Å². The summed E-state index contributed by atoms with van der Waals surface area (Å²) in [6, 6.07) is 3.69. The van der Waals surface area contributed by atoms with Gasteiger partial charge in [-0.2, -0.15) is 10.4 Å². The van der Waals surface area contributed by atoms with E-state index in [1.807, 2.05) is 13.0 Å². The van der Waals surface area contributed by atoms with Gasteiger partial charge in [0.2, 0.25) is 0 Å². The van der Waals surface area contributed by atoms with E-state index in [4.69, 9.17) is 22.6 Å². The maximum Gasteiger partial charge on any atom is 0.172 e. The molecule has 14 heavy (non-hydrogen) atoms. The molecule has 0 unspecified atom stereocenters. The second-order valence-corrected chi connectivity index (χ2v) is 3.41. The molecule has 1 aromatic heterocycles. The molecule has 0 atom stereocenters. The highest BCUT2D eigenvalue weighted by molar-refractivity contribution is 6.32. The van der Waals surface area contributed by atoms with Gasteiger partial charge in [-0.15, -0.1) is 0 Å². The first kappa shape index (κ1) is 8.85. The van der Waals surface area contributed by atoms with Gasteiger partial charge in [0.25, 0.3) is 0 Å². The molecular weight excluding hydrogens is 200 g/mol. The van der Waals surface area contributed by atoms with Gasteiger partial charge in [0.05, 0.1) is 10.9 Å². The number of benzene rings is 1. The van der Waals surface area contributed by atoms with Crippen molar-refractivity contribution >= 4 is 28.2 Å². The van der Waals surface area contributed by atoms with Crippen LogP contribution in [0.15, 0.2) is 6.07 Å². The van der Waals surface area contributed by atoms with Gasteiger partial charge < -0.3 is 5.73 Å². The summed E-state index contributed by atoms with van der Waals surface area (Å²) in [5.41, 5.74) is 8.12. The maximum absolute atomic E-state index is 8.79. The molecule has 0 radical (unpaired) electrons. The number of nitrogens with one attached hydrogen (secondary N) is 1. The van der Waals surface area contributed by atoms with Crippen molar-refractivity contribution in [1.29, 1.82) is 5.26 Å². The van der Waals surface area contributed by atoms with Gasteiger partial charge in [0.1, 0.15) is 6.07 Å². The average molecular weight is 207 g/mol. The zero-order valence-electron chi connectivity index (χ0n) is 7.43. The van der Waals surface area contributed by atoms with Gasteiger partial charge in [-0.3, -0.25) is 5.10 Å². The molecule has 1 aromatic carbocycles. The molecule has 3 N–H and O–H groups in total. The largest absolute Gasteiger partial charge is 0.398 e. The lowest BCUT2D eigenvalue weighted by Crippen LogP contribution is -1.92. The molecule has 0 saturated carbocycles. The normalized spacial score (nSPS) is 10.4. The Kier molecular flexibility index (Phi) is 1.83. The average Bonchev–Trinajstić information content (AvgIpc) is 2.57. The van der Waals surface area contributed by atoms with Crippen LogP contribution in [-0.2, 0) is 0 Å². The molecule has 4 nitrogen and oxygen atoms in total. The lowest BCUT2D eigenvalue weighted by atomic mass is 10.1. The molecule has 2 rings (SSSR count). The van der Waals surface area contributed by atoms with Crippen LogP contribution in [0.1, 0.15) is 11.3 Å². The number of H-pyrrole nitrogens is 1. The van der Waals surface area contributed by atoms with E-state index >= 15 is 0 Å². The summed E-state index contributed by atoms with van der Waals surface area (Å²) in [7, 11) is 0. The van der Waals surface area contributed by atoms with E-state index in [9.17, 15) is 0 Å². The number of anilines is 1. The molecule has 0 fully saturated rings. The van der Waals surface area contributed by atoms with Crippen LogP contribution in [0.2, 0.25) is 5.02 Å². The van der Waals surface area contributed by atoms with Crippen LogP contribution in [0, 0.1) is 18.3 Å². The van der Waals surface area contributed by atoms with Gasteiger partial charge in [0, 0.05) is 10.7 Å². The third-order valence-corrected chi connectivity index (χ3v) is 2.60. The Morgan fingerprint density at radius 3 is 3.00 bits per heavy atom. The first-order valence-electron chi connectivity index (χ1n) is 3.98. The number of nitrogens with zero attached hydrogens (tertiary/aromatic N) is 2. The van der Waals surface area contributed by atoms with Gasteiger partial charge >= 0.3 is 0 Å². The number of aromatic nitrogens is 2. The zero-order chi connectivity index (χ0) is 10.3. The van der Waals surface area contributed by atoms with E-state index in [2.05, 4.69) is 10.2 Å². The number of hydrogen-bond acceptors (Lipinski definition) is 3. The fraction of sp³-hybridized carbons (Fsp3) is 0.111. The third-order valence-electron chi connectivity index (χ3n) is 2.20. The number of halogens is 1. The van der Waals surface area contributed by atoms with Crippen LogP contribution < -0.4 is 5.73 Å². The molecule has 0 amide bonds. The minimum atomic E-state index is 0.303. The van der Waals surface area contributed by atoms with Crippen LogP contribution >= 0.6 is 11.6 Å². The highest BCUT2D eigenvalue weighted by atomic mass is 35.5. The summed E-state index contributed by atoms with van der Waals surface area (Å²) in [6.45, 7) is 1.81. The predicted molar refractivity (Wildman–Crippen MR) is 55.0 cm³/mol. The topological polar surface area (TPSA) is 78.5 Å². The Hall–Kier alpha value is -1.73. The number of nitrogen functional groups attached to an aromatic ring is 1. The quantitative estimate of drug-likeness (QED) is 0.647. The van der Waals surface area contributed by atoms with E-state index in [0.29, 0.717) is 27.3 Å². The van der Waals surface area contributed by atoms with E-state index in [-0.39, 0.29) is 0 Å². The number of hydrogen-bond donors (Lipinski definition) is 2. The summed E-state index contributed by atoms with van der Waals surface area (Å²) in [5.74, 6) is 0. The smallest absolute Gasteiger partial charge is 0.172 e. The Labute approximate surface area is 85.3 Å². The molecule has 0 aliphatic rings. The number of fused-ring (bicyclic) bond motifs is 1. The molecule has 0 spiro atoms. The molecule has 0 aliphatic heterocycles. The Morgan fingerprint density at radius 1 is 1.64 bits per heavy atom. The van der Waals surface area contributed by atoms with Crippen molar-refractivity contribution in [3.05, 3.63) is 22.3 Å². The van der Waals surface area contributed by atoms with Gasteiger partial charge in [-0.1, -0.05) is 11.6 Å². The monoisotopic (exact) mass is 206 g/mol. The Morgan fingerprint density at radius 2 is 2.36 bits per heavy atom. The highest BCUT2D eigenvalue weighted by Gasteiger charge is 2.12. The van der Waals surface area contributed by atoms with Crippen LogP contribution in [0.4, 0.5) is 5.69 Å². The molecule has 0 saturated heterocycles. The number of nitriles is 1. The molecule has 0 bridgehead atoms. The van der Waals surface area contributed by atoms with Gasteiger partial charge in [-0.25, -0.2) is 0 Å². The maximum atomic E-state index is 8.79.